The first kappa shape index (κ1) is 23.7. The van der Waals surface area contributed by atoms with Gasteiger partial charge in [0.15, 0.2) is 5.13 Å². The Morgan fingerprint density at radius 2 is 2.09 bits per heavy atom. The average molecular weight is 483 g/mol. The zero-order valence-corrected chi connectivity index (χ0v) is 19.8. The molecule has 4 N–H and O–H groups in total. The number of carbonyl (C=O) groups is 3. The van der Waals surface area contributed by atoms with Crippen LogP contribution in [0.1, 0.15) is 12.7 Å². The lowest BCUT2D eigenvalue weighted by atomic mass is 10.00. The highest BCUT2D eigenvalue weighted by Gasteiger charge is 2.55. The Balaban J connectivity index is 1.87. The van der Waals surface area contributed by atoms with Crippen LogP contribution in [0.4, 0.5) is 5.13 Å². The number of nitrogens with two attached hydrogens (primary N) is 1. The van der Waals surface area contributed by atoms with Crippen LogP contribution in [0.5, 0.6) is 0 Å². The SMILES string of the molecule is C/C=C(/C1=C(C(=O)O)N2C(=O)C(NC(=O)/C(=N/OC)c3nsc(N)n3)C2SC1)[N+](C)(C)C. The van der Waals surface area contributed by atoms with E-state index in [0.29, 0.717) is 15.8 Å². The minimum Gasteiger partial charge on any atom is -0.477 e. The molecule has 1 fully saturated rings. The molecule has 0 saturated carbocycles. The lowest BCUT2D eigenvalue weighted by Gasteiger charge is -2.49. The van der Waals surface area contributed by atoms with Crippen LogP contribution in [0.3, 0.4) is 0 Å². The van der Waals surface area contributed by atoms with Crippen molar-refractivity contribution in [2.75, 3.05) is 39.7 Å². The van der Waals surface area contributed by atoms with Crippen molar-refractivity contribution in [2.45, 2.75) is 18.3 Å². The summed E-state index contributed by atoms with van der Waals surface area (Å²) in [6.07, 6.45) is 1.85. The third kappa shape index (κ3) is 4.20. The first-order valence-electron chi connectivity index (χ1n) is 9.42. The molecule has 0 aliphatic carbocycles. The number of aromatic nitrogens is 2. The summed E-state index contributed by atoms with van der Waals surface area (Å²) in [5, 5.41) is 15.7. The summed E-state index contributed by atoms with van der Waals surface area (Å²) in [5.41, 5.74) is 6.65. The number of aliphatic carboxylic acids is 1. The molecule has 2 atom stereocenters. The van der Waals surface area contributed by atoms with Gasteiger partial charge in [0.1, 0.15) is 29.9 Å². The quantitative estimate of drug-likeness (QED) is 0.207. The molecule has 2 aliphatic rings. The number of β-lactam (4-membered cyclic amide) rings is 1. The zero-order valence-electron chi connectivity index (χ0n) is 18.1. The van der Waals surface area contributed by atoms with Crippen molar-refractivity contribution < 1.29 is 28.8 Å². The maximum absolute atomic E-state index is 12.9. The fourth-order valence-electron chi connectivity index (χ4n) is 3.60. The summed E-state index contributed by atoms with van der Waals surface area (Å²) < 4.78 is 4.34. The topological polar surface area (TPSA) is 160 Å². The summed E-state index contributed by atoms with van der Waals surface area (Å²) in [7, 11) is 7.04. The van der Waals surface area contributed by atoms with Crippen molar-refractivity contribution in [2.24, 2.45) is 5.16 Å². The Morgan fingerprint density at radius 3 is 2.59 bits per heavy atom. The molecular formula is C18H24N7O5S2+. The second kappa shape index (κ2) is 8.88. The third-order valence-electron chi connectivity index (χ3n) is 4.81. The molecule has 2 amide bonds. The van der Waals surface area contributed by atoms with Crippen LogP contribution in [0, 0.1) is 0 Å². The molecule has 32 heavy (non-hydrogen) atoms. The lowest BCUT2D eigenvalue weighted by Crippen LogP contribution is -2.71. The predicted octanol–water partition coefficient (Wildman–Crippen LogP) is -0.181. The Morgan fingerprint density at radius 1 is 1.41 bits per heavy atom. The van der Waals surface area contributed by atoms with Crippen molar-refractivity contribution >= 4 is 51.9 Å². The van der Waals surface area contributed by atoms with E-state index in [1.165, 1.54) is 23.8 Å². The molecule has 0 bridgehead atoms. The molecule has 2 aliphatic heterocycles. The van der Waals surface area contributed by atoms with E-state index in [0.717, 1.165) is 17.2 Å². The normalized spacial score (nSPS) is 21.8. The van der Waals surface area contributed by atoms with Crippen molar-refractivity contribution in [1.82, 2.24) is 19.6 Å². The number of hydrogen-bond donors (Lipinski definition) is 3. The van der Waals surface area contributed by atoms with Gasteiger partial charge in [-0.2, -0.15) is 9.36 Å². The number of anilines is 1. The number of allylic oxidation sites excluding steroid dienone is 2. The van der Waals surface area contributed by atoms with E-state index < -0.39 is 29.2 Å². The van der Waals surface area contributed by atoms with Crippen LogP contribution in [0.15, 0.2) is 28.2 Å². The Hall–Kier alpha value is -2.97. The number of rotatable bonds is 7. The van der Waals surface area contributed by atoms with E-state index in [4.69, 9.17) is 10.6 Å². The number of amides is 2. The molecule has 0 aromatic carbocycles. The molecule has 0 spiro atoms. The van der Waals surface area contributed by atoms with Gasteiger partial charge in [-0.3, -0.25) is 19.0 Å². The highest BCUT2D eigenvalue weighted by Crippen LogP contribution is 2.43. The fraction of sp³-hybridized carbons (Fsp3) is 0.444. The van der Waals surface area contributed by atoms with Gasteiger partial charge < -0.3 is 21.0 Å². The van der Waals surface area contributed by atoms with Crippen LogP contribution >= 0.6 is 23.3 Å². The molecule has 12 nitrogen and oxygen atoms in total. The summed E-state index contributed by atoms with van der Waals surface area (Å²) in [5.74, 6) is -2.10. The van der Waals surface area contributed by atoms with Crippen LogP contribution in [-0.2, 0) is 19.2 Å². The van der Waals surface area contributed by atoms with Crippen LogP contribution < -0.4 is 11.1 Å². The standard InChI is InChI=1S/C18H23N7O5S2/c1-6-9(25(2,3)4)8-7-31-16-11(15(27)24(16)12(8)17(28)29)20-14(26)10(22-30-5)13-21-18(19)32-23-13/h6,11,16H,7H2,1-5H3,(H3-,19,20,21,23,26,28,29)/p+1/b9-6-,22-10+. The van der Waals surface area contributed by atoms with Gasteiger partial charge in [-0.15, -0.1) is 11.8 Å². The van der Waals surface area contributed by atoms with Crippen molar-refractivity contribution in [3.8, 4) is 0 Å². The summed E-state index contributed by atoms with van der Waals surface area (Å²) in [4.78, 5) is 47.7. The summed E-state index contributed by atoms with van der Waals surface area (Å²) in [6.45, 7) is 1.83. The van der Waals surface area contributed by atoms with Gasteiger partial charge in [0.2, 0.25) is 11.5 Å². The van der Waals surface area contributed by atoms with E-state index >= 15 is 0 Å². The summed E-state index contributed by atoms with van der Waals surface area (Å²) in [6, 6.07) is -0.931. The van der Waals surface area contributed by atoms with Crippen LogP contribution in [-0.4, -0.2) is 92.8 Å². The van der Waals surface area contributed by atoms with Gasteiger partial charge in [-0.1, -0.05) is 5.16 Å². The second-order valence-electron chi connectivity index (χ2n) is 7.76. The van der Waals surface area contributed by atoms with Gasteiger partial charge in [0.25, 0.3) is 11.8 Å². The number of oxime groups is 1. The van der Waals surface area contributed by atoms with E-state index in [9.17, 15) is 19.5 Å². The van der Waals surface area contributed by atoms with Crippen molar-refractivity contribution in [3.05, 3.63) is 28.9 Å². The molecule has 1 saturated heterocycles. The second-order valence-corrected chi connectivity index (χ2v) is 9.65. The Kier molecular flexibility index (Phi) is 6.57. The van der Waals surface area contributed by atoms with Gasteiger partial charge in [-0.05, 0) is 13.0 Å². The number of quaternary nitrogens is 1. The number of hydrogen-bond acceptors (Lipinski definition) is 10. The largest absolute Gasteiger partial charge is 0.477 e. The molecule has 0 radical (unpaired) electrons. The Bertz CT molecular complexity index is 1060. The monoisotopic (exact) mass is 482 g/mol. The molecule has 3 heterocycles. The number of fused-ring (bicyclic) bond motifs is 1. The molecule has 14 heteroatoms. The number of carboxylic acids is 1. The summed E-state index contributed by atoms with van der Waals surface area (Å²) >= 11 is 2.27. The van der Waals surface area contributed by atoms with Crippen LogP contribution in [0.2, 0.25) is 0 Å². The molecule has 1 aromatic heterocycles. The number of nitrogen functional groups attached to an aromatic ring is 1. The van der Waals surface area contributed by atoms with E-state index in [2.05, 4.69) is 19.8 Å². The minimum atomic E-state index is -1.19. The van der Waals surface area contributed by atoms with E-state index in [1.807, 2.05) is 34.1 Å². The molecule has 3 rings (SSSR count). The maximum atomic E-state index is 12.9. The van der Waals surface area contributed by atoms with Crippen LogP contribution in [0.25, 0.3) is 0 Å². The van der Waals surface area contributed by atoms with E-state index in [-0.39, 0.29) is 22.4 Å². The van der Waals surface area contributed by atoms with Gasteiger partial charge in [0.05, 0.1) is 26.7 Å². The first-order valence-corrected chi connectivity index (χ1v) is 11.2. The third-order valence-corrected chi connectivity index (χ3v) is 6.64. The highest BCUT2D eigenvalue weighted by atomic mass is 32.2. The van der Waals surface area contributed by atoms with Crippen molar-refractivity contribution in [1.29, 1.82) is 0 Å². The smallest absolute Gasteiger partial charge is 0.353 e. The number of nitrogens with zero attached hydrogens (tertiary/aromatic N) is 5. The van der Waals surface area contributed by atoms with E-state index in [1.54, 1.807) is 0 Å². The molecule has 1 aromatic rings. The number of thioether (sulfide) groups is 1. The van der Waals surface area contributed by atoms with Gasteiger partial charge in [-0.25, -0.2) is 4.79 Å². The average Bonchev–Trinajstić information content (AvgIpc) is 3.14. The number of likely N-dealkylation sites (N-methyl/N-ethyl adjacent to an activating group) is 1. The number of carbonyl (C=O) groups excluding carboxylic acids is 2. The maximum Gasteiger partial charge on any atom is 0.353 e. The minimum absolute atomic E-state index is 0.0270. The fourth-order valence-corrected chi connectivity index (χ4v) is 5.39. The molecular weight excluding hydrogens is 458 g/mol. The molecule has 2 unspecified atom stereocenters. The zero-order chi connectivity index (χ0) is 23.8. The first-order chi connectivity index (χ1) is 15.0. The van der Waals surface area contributed by atoms with Gasteiger partial charge in [0, 0.05) is 17.3 Å². The predicted molar refractivity (Wildman–Crippen MR) is 119 cm³/mol. The van der Waals surface area contributed by atoms with Crippen molar-refractivity contribution in [3.63, 3.8) is 0 Å². The highest BCUT2D eigenvalue weighted by molar-refractivity contribution is 8.00. The lowest BCUT2D eigenvalue weighted by molar-refractivity contribution is -0.829. The van der Waals surface area contributed by atoms with Gasteiger partial charge >= 0.3 is 5.97 Å². The Labute approximate surface area is 192 Å². The number of nitrogens with one attached hydrogen (secondary N) is 1. The number of carboxylic acid groups (broad SMARTS) is 1. The molecule has 172 valence electrons.